The third-order valence-corrected chi connectivity index (χ3v) is 4.92. The maximum absolute atomic E-state index is 5.95. The molecule has 1 aliphatic heterocycles. The monoisotopic (exact) mass is 251 g/mol. The van der Waals surface area contributed by atoms with E-state index >= 15 is 0 Å². The maximum atomic E-state index is 5.95. The molecule has 0 bridgehead atoms. The van der Waals surface area contributed by atoms with E-state index in [1.807, 2.05) is 18.3 Å². The number of pyridine rings is 1. The first kappa shape index (κ1) is 12.9. The van der Waals surface area contributed by atoms with Gasteiger partial charge in [0.25, 0.3) is 0 Å². The standard InChI is InChI=1S/C13H21N3S/c1-10-11(2)17-8-7-16(10)13(9-14)12-5-3-4-6-15-12/h3-6,10-11,13H,7-9,14H2,1-2H3. The fourth-order valence-corrected chi connectivity index (χ4v) is 3.52. The number of thioether (sulfide) groups is 1. The van der Waals surface area contributed by atoms with Crippen molar-refractivity contribution in [3.63, 3.8) is 0 Å². The highest BCUT2D eigenvalue weighted by Crippen LogP contribution is 2.30. The number of aromatic nitrogens is 1. The molecule has 0 saturated carbocycles. The third-order valence-electron chi connectivity index (χ3n) is 3.59. The molecule has 1 aromatic heterocycles. The summed E-state index contributed by atoms with van der Waals surface area (Å²) in [4.78, 5) is 6.96. The van der Waals surface area contributed by atoms with E-state index in [0.717, 1.165) is 12.2 Å². The Bertz CT molecular complexity index is 344. The van der Waals surface area contributed by atoms with Crippen LogP contribution in [0.25, 0.3) is 0 Å². The van der Waals surface area contributed by atoms with Gasteiger partial charge in [-0.2, -0.15) is 11.8 Å². The van der Waals surface area contributed by atoms with E-state index in [1.165, 1.54) is 5.75 Å². The quantitative estimate of drug-likeness (QED) is 0.891. The summed E-state index contributed by atoms with van der Waals surface area (Å²) >= 11 is 2.05. The van der Waals surface area contributed by atoms with Gasteiger partial charge in [-0.3, -0.25) is 9.88 Å². The summed E-state index contributed by atoms with van der Waals surface area (Å²) < 4.78 is 0. The van der Waals surface area contributed by atoms with Crippen LogP contribution in [0.2, 0.25) is 0 Å². The lowest BCUT2D eigenvalue weighted by atomic mass is 10.1. The van der Waals surface area contributed by atoms with Gasteiger partial charge in [-0.15, -0.1) is 0 Å². The van der Waals surface area contributed by atoms with Crippen LogP contribution in [0.4, 0.5) is 0 Å². The Labute approximate surface area is 108 Å². The molecule has 0 radical (unpaired) electrons. The summed E-state index contributed by atoms with van der Waals surface area (Å²) in [6.45, 7) is 6.34. The number of hydrogen-bond acceptors (Lipinski definition) is 4. The summed E-state index contributed by atoms with van der Waals surface area (Å²) in [5.74, 6) is 1.19. The van der Waals surface area contributed by atoms with Crippen molar-refractivity contribution in [3.8, 4) is 0 Å². The second-order valence-corrected chi connectivity index (χ2v) is 6.05. The molecular formula is C13H21N3S. The molecule has 2 rings (SSSR count). The molecular weight excluding hydrogens is 230 g/mol. The van der Waals surface area contributed by atoms with Crippen molar-refractivity contribution in [2.75, 3.05) is 18.8 Å². The van der Waals surface area contributed by atoms with E-state index in [4.69, 9.17) is 5.73 Å². The van der Waals surface area contributed by atoms with Crippen molar-refractivity contribution in [1.82, 2.24) is 9.88 Å². The van der Waals surface area contributed by atoms with Crippen molar-refractivity contribution < 1.29 is 0 Å². The first-order chi connectivity index (χ1) is 8.24. The Morgan fingerprint density at radius 1 is 1.53 bits per heavy atom. The van der Waals surface area contributed by atoms with Gasteiger partial charge in [0.05, 0.1) is 11.7 Å². The van der Waals surface area contributed by atoms with Gasteiger partial charge in [-0.05, 0) is 19.1 Å². The minimum absolute atomic E-state index is 0.259. The van der Waals surface area contributed by atoms with Gasteiger partial charge < -0.3 is 5.73 Å². The lowest BCUT2D eigenvalue weighted by molar-refractivity contribution is 0.148. The average molecular weight is 251 g/mol. The predicted molar refractivity (Wildman–Crippen MR) is 74.1 cm³/mol. The fourth-order valence-electron chi connectivity index (χ4n) is 2.40. The SMILES string of the molecule is CC1SCCN(C(CN)c2ccccn2)C1C. The van der Waals surface area contributed by atoms with Gasteiger partial charge in [-0.1, -0.05) is 13.0 Å². The second kappa shape index (κ2) is 5.85. The second-order valence-electron chi connectivity index (χ2n) is 4.56. The average Bonchev–Trinajstić information content (AvgIpc) is 2.37. The van der Waals surface area contributed by atoms with E-state index < -0.39 is 0 Å². The van der Waals surface area contributed by atoms with Crippen molar-refractivity contribution in [2.45, 2.75) is 31.2 Å². The normalized spacial score (nSPS) is 27.9. The zero-order valence-electron chi connectivity index (χ0n) is 10.5. The molecule has 1 aliphatic rings. The van der Waals surface area contributed by atoms with Gasteiger partial charge in [0.1, 0.15) is 0 Å². The predicted octanol–water partition coefficient (Wildman–Crippen LogP) is 1.91. The van der Waals surface area contributed by atoms with E-state index in [9.17, 15) is 0 Å². The Balaban J connectivity index is 2.18. The zero-order chi connectivity index (χ0) is 12.3. The van der Waals surface area contributed by atoms with Crippen LogP contribution >= 0.6 is 11.8 Å². The van der Waals surface area contributed by atoms with E-state index in [-0.39, 0.29) is 6.04 Å². The van der Waals surface area contributed by atoms with E-state index in [2.05, 4.69) is 41.6 Å². The Morgan fingerprint density at radius 3 is 3.00 bits per heavy atom. The molecule has 17 heavy (non-hydrogen) atoms. The summed E-state index contributed by atoms with van der Waals surface area (Å²) in [6, 6.07) is 6.89. The van der Waals surface area contributed by atoms with Gasteiger partial charge in [0.2, 0.25) is 0 Å². The smallest absolute Gasteiger partial charge is 0.0647 e. The van der Waals surface area contributed by atoms with Crippen LogP contribution < -0.4 is 5.73 Å². The van der Waals surface area contributed by atoms with E-state index in [0.29, 0.717) is 17.8 Å². The van der Waals surface area contributed by atoms with Crippen molar-refractivity contribution in [1.29, 1.82) is 0 Å². The Hall–Kier alpha value is -0.580. The van der Waals surface area contributed by atoms with Crippen molar-refractivity contribution in [2.24, 2.45) is 5.73 Å². The van der Waals surface area contributed by atoms with Crippen LogP contribution in [0, 0.1) is 0 Å². The Morgan fingerprint density at radius 2 is 2.35 bits per heavy atom. The van der Waals surface area contributed by atoms with Crippen molar-refractivity contribution in [3.05, 3.63) is 30.1 Å². The zero-order valence-corrected chi connectivity index (χ0v) is 11.4. The van der Waals surface area contributed by atoms with Gasteiger partial charge in [0.15, 0.2) is 0 Å². The molecule has 0 aromatic carbocycles. The fraction of sp³-hybridized carbons (Fsp3) is 0.615. The van der Waals surface area contributed by atoms with Gasteiger partial charge in [-0.25, -0.2) is 0 Å². The molecule has 4 heteroatoms. The lowest BCUT2D eigenvalue weighted by Gasteiger charge is -2.41. The van der Waals surface area contributed by atoms with Crippen LogP contribution in [0.3, 0.4) is 0 Å². The summed E-state index contributed by atoms with van der Waals surface area (Å²) in [5, 5.41) is 0.668. The van der Waals surface area contributed by atoms with Crippen LogP contribution in [0.1, 0.15) is 25.6 Å². The van der Waals surface area contributed by atoms with Crippen LogP contribution in [0.15, 0.2) is 24.4 Å². The number of hydrogen-bond donors (Lipinski definition) is 1. The van der Waals surface area contributed by atoms with Gasteiger partial charge >= 0.3 is 0 Å². The van der Waals surface area contributed by atoms with Crippen LogP contribution in [-0.2, 0) is 0 Å². The molecule has 0 aliphatic carbocycles. The summed E-state index contributed by atoms with van der Waals surface area (Å²) in [5.41, 5.74) is 7.05. The van der Waals surface area contributed by atoms with Crippen molar-refractivity contribution >= 4 is 11.8 Å². The highest BCUT2D eigenvalue weighted by molar-refractivity contribution is 8.00. The summed E-state index contributed by atoms with van der Waals surface area (Å²) in [6.07, 6.45) is 1.85. The first-order valence-corrected chi connectivity index (χ1v) is 7.27. The summed E-state index contributed by atoms with van der Waals surface area (Å²) in [7, 11) is 0. The molecule has 2 N–H and O–H groups in total. The molecule has 1 aromatic rings. The number of nitrogens with zero attached hydrogens (tertiary/aromatic N) is 2. The Kier molecular flexibility index (Phi) is 4.42. The molecule has 3 nitrogen and oxygen atoms in total. The minimum Gasteiger partial charge on any atom is -0.329 e. The highest BCUT2D eigenvalue weighted by Gasteiger charge is 2.31. The lowest BCUT2D eigenvalue weighted by Crippen LogP contribution is -2.48. The molecule has 0 amide bonds. The van der Waals surface area contributed by atoms with Crippen LogP contribution in [-0.4, -0.2) is 40.0 Å². The molecule has 1 fully saturated rings. The number of rotatable bonds is 3. The molecule has 0 spiro atoms. The molecule has 1 saturated heterocycles. The van der Waals surface area contributed by atoms with E-state index in [1.54, 1.807) is 0 Å². The first-order valence-electron chi connectivity index (χ1n) is 6.22. The molecule has 3 unspecified atom stereocenters. The minimum atomic E-state index is 0.259. The molecule has 2 heterocycles. The highest BCUT2D eigenvalue weighted by atomic mass is 32.2. The van der Waals surface area contributed by atoms with Gasteiger partial charge in [0, 0.05) is 36.3 Å². The number of nitrogens with two attached hydrogens (primary N) is 1. The maximum Gasteiger partial charge on any atom is 0.0647 e. The third kappa shape index (κ3) is 2.81. The molecule has 94 valence electrons. The van der Waals surface area contributed by atoms with Crippen LogP contribution in [0.5, 0.6) is 0 Å². The largest absolute Gasteiger partial charge is 0.329 e. The molecule has 3 atom stereocenters. The topological polar surface area (TPSA) is 42.1 Å².